The molecule has 0 spiro atoms. The highest BCUT2D eigenvalue weighted by molar-refractivity contribution is 5.48. The van der Waals surface area contributed by atoms with Gasteiger partial charge in [0.2, 0.25) is 0 Å². The second kappa shape index (κ2) is 6.48. The number of halogens is 2. The summed E-state index contributed by atoms with van der Waals surface area (Å²) in [6, 6.07) is 11.7. The number of hydrogen-bond donors (Lipinski definition) is 1. The van der Waals surface area contributed by atoms with Crippen molar-refractivity contribution in [2.24, 2.45) is 5.73 Å². The van der Waals surface area contributed by atoms with E-state index in [1.54, 1.807) is 41.3 Å². The minimum Gasteiger partial charge on any atom is -0.365 e. The molecule has 0 aliphatic heterocycles. The molecule has 0 unspecified atom stereocenters. The normalized spacial score (nSPS) is 10.6. The van der Waals surface area contributed by atoms with Gasteiger partial charge in [0.05, 0.1) is 5.69 Å². The molecule has 2 aromatic rings. The molecule has 2 N–H and O–H groups in total. The molecular formula is C16H18F2N2. The first-order chi connectivity index (χ1) is 9.67. The first kappa shape index (κ1) is 14.5. The first-order valence-corrected chi connectivity index (χ1v) is 6.63. The van der Waals surface area contributed by atoms with Gasteiger partial charge in [0.1, 0.15) is 11.6 Å². The van der Waals surface area contributed by atoms with Crippen LogP contribution >= 0.6 is 0 Å². The fraction of sp³-hybridized carbons (Fsp3) is 0.250. The van der Waals surface area contributed by atoms with E-state index in [-0.39, 0.29) is 18.2 Å². The van der Waals surface area contributed by atoms with Gasteiger partial charge in [-0.25, -0.2) is 8.78 Å². The first-order valence-electron chi connectivity index (χ1n) is 6.63. The number of anilines is 1. The van der Waals surface area contributed by atoms with Gasteiger partial charge in [0.15, 0.2) is 0 Å². The summed E-state index contributed by atoms with van der Waals surface area (Å²) in [4.78, 5) is 1.80. The summed E-state index contributed by atoms with van der Waals surface area (Å²) in [6.07, 6.45) is 0. The predicted octanol–water partition coefficient (Wildman–Crippen LogP) is 3.45. The fourth-order valence-electron chi connectivity index (χ4n) is 2.19. The van der Waals surface area contributed by atoms with E-state index in [1.165, 1.54) is 6.07 Å². The third-order valence-electron chi connectivity index (χ3n) is 3.31. The number of hydrogen-bond acceptors (Lipinski definition) is 2. The number of rotatable bonds is 5. The predicted molar refractivity (Wildman–Crippen MR) is 77.4 cm³/mol. The van der Waals surface area contributed by atoms with E-state index in [0.29, 0.717) is 29.9 Å². The highest BCUT2D eigenvalue weighted by atomic mass is 19.1. The molecule has 0 aliphatic rings. The van der Waals surface area contributed by atoms with Crippen LogP contribution < -0.4 is 10.6 Å². The zero-order chi connectivity index (χ0) is 14.5. The maximum absolute atomic E-state index is 14.2. The molecular weight excluding hydrogens is 258 g/mol. The quantitative estimate of drug-likeness (QED) is 0.906. The lowest BCUT2D eigenvalue weighted by Gasteiger charge is -2.24. The van der Waals surface area contributed by atoms with Crippen molar-refractivity contribution in [1.82, 2.24) is 0 Å². The van der Waals surface area contributed by atoms with Crippen molar-refractivity contribution < 1.29 is 8.78 Å². The smallest absolute Gasteiger partial charge is 0.146 e. The Morgan fingerprint density at radius 2 is 1.70 bits per heavy atom. The Labute approximate surface area is 117 Å². The van der Waals surface area contributed by atoms with Crippen LogP contribution in [0.4, 0.5) is 14.5 Å². The molecule has 0 heterocycles. The molecule has 0 aromatic heterocycles. The van der Waals surface area contributed by atoms with Gasteiger partial charge >= 0.3 is 0 Å². The van der Waals surface area contributed by atoms with Crippen molar-refractivity contribution in [2.45, 2.75) is 20.0 Å². The van der Waals surface area contributed by atoms with Crippen molar-refractivity contribution in [1.29, 1.82) is 0 Å². The largest absolute Gasteiger partial charge is 0.365 e. The highest BCUT2D eigenvalue weighted by Gasteiger charge is 2.13. The van der Waals surface area contributed by atoms with Crippen molar-refractivity contribution in [3.8, 4) is 0 Å². The van der Waals surface area contributed by atoms with Gasteiger partial charge in [-0.15, -0.1) is 0 Å². The third-order valence-corrected chi connectivity index (χ3v) is 3.31. The molecule has 2 rings (SSSR count). The molecule has 0 saturated carbocycles. The van der Waals surface area contributed by atoms with Crippen molar-refractivity contribution in [2.75, 3.05) is 11.4 Å². The highest BCUT2D eigenvalue weighted by Crippen LogP contribution is 2.22. The van der Waals surface area contributed by atoms with E-state index >= 15 is 0 Å². The van der Waals surface area contributed by atoms with Crippen LogP contribution in [0.2, 0.25) is 0 Å². The van der Waals surface area contributed by atoms with Crippen LogP contribution in [0.5, 0.6) is 0 Å². The Balaban J connectivity index is 2.30. The standard InChI is InChI=1S/C16H18F2N2/c1-2-20(15-9-4-3-8-14(15)17)11-13-7-5-6-12(10-19)16(13)18/h3-9H,2,10-11,19H2,1H3. The Hall–Kier alpha value is -1.94. The third kappa shape index (κ3) is 2.96. The van der Waals surface area contributed by atoms with Crippen LogP contribution in [-0.4, -0.2) is 6.54 Å². The molecule has 0 radical (unpaired) electrons. The summed E-state index contributed by atoms with van der Waals surface area (Å²) in [5, 5.41) is 0. The Kier molecular flexibility index (Phi) is 4.69. The number of para-hydroxylation sites is 1. The van der Waals surface area contributed by atoms with Gasteiger partial charge < -0.3 is 10.6 Å². The van der Waals surface area contributed by atoms with E-state index in [1.807, 2.05) is 6.92 Å². The van der Waals surface area contributed by atoms with E-state index in [9.17, 15) is 8.78 Å². The summed E-state index contributed by atoms with van der Waals surface area (Å²) >= 11 is 0. The average molecular weight is 276 g/mol. The van der Waals surface area contributed by atoms with E-state index in [4.69, 9.17) is 5.73 Å². The Bertz CT molecular complexity index is 584. The van der Waals surface area contributed by atoms with Crippen LogP contribution in [0.25, 0.3) is 0 Å². The molecule has 0 bridgehead atoms. The molecule has 2 aromatic carbocycles. The average Bonchev–Trinajstić information content (AvgIpc) is 2.47. The van der Waals surface area contributed by atoms with Crippen LogP contribution in [0.15, 0.2) is 42.5 Å². The fourth-order valence-corrected chi connectivity index (χ4v) is 2.19. The molecule has 0 amide bonds. The van der Waals surface area contributed by atoms with Crippen LogP contribution in [0.1, 0.15) is 18.1 Å². The lowest BCUT2D eigenvalue weighted by atomic mass is 10.1. The van der Waals surface area contributed by atoms with Gasteiger partial charge in [-0.05, 0) is 19.1 Å². The maximum Gasteiger partial charge on any atom is 0.146 e. The van der Waals surface area contributed by atoms with Gasteiger partial charge in [-0.2, -0.15) is 0 Å². The van der Waals surface area contributed by atoms with Gasteiger partial charge in [0, 0.05) is 30.8 Å². The summed E-state index contributed by atoms with van der Waals surface area (Å²) in [5.74, 6) is -0.602. The second-order valence-corrected chi connectivity index (χ2v) is 4.56. The van der Waals surface area contributed by atoms with Gasteiger partial charge in [-0.1, -0.05) is 30.3 Å². The second-order valence-electron chi connectivity index (χ2n) is 4.56. The number of benzene rings is 2. The lowest BCUT2D eigenvalue weighted by Crippen LogP contribution is -2.24. The Morgan fingerprint density at radius 3 is 2.35 bits per heavy atom. The molecule has 0 saturated heterocycles. The van der Waals surface area contributed by atoms with Crippen molar-refractivity contribution >= 4 is 5.69 Å². The molecule has 0 fully saturated rings. The van der Waals surface area contributed by atoms with E-state index in [2.05, 4.69) is 0 Å². The molecule has 106 valence electrons. The van der Waals surface area contributed by atoms with E-state index < -0.39 is 0 Å². The lowest BCUT2D eigenvalue weighted by molar-refractivity contribution is 0.584. The van der Waals surface area contributed by atoms with E-state index in [0.717, 1.165) is 0 Å². The van der Waals surface area contributed by atoms with Gasteiger partial charge in [-0.3, -0.25) is 0 Å². The Morgan fingerprint density at radius 1 is 1.00 bits per heavy atom. The molecule has 0 atom stereocenters. The molecule has 4 heteroatoms. The maximum atomic E-state index is 14.2. The van der Waals surface area contributed by atoms with Crippen molar-refractivity contribution in [3.05, 3.63) is 65.2 Å². The number of nitrogens with two attached hydrogens (primary N) is 1. The van der Waals surface area contributed by atoms with Crippen molar-refractivity contribution in [3.63, 3.8) is 0 Å². The summed E-state index contributed by atoms with van der Waals surface area (Å²) < 4.78 is 28.0. The minimum absolute atomic E-state index is 0.158. The molecule has 2 nitrogen and oxygen atoms in total. The summed E-state index contributed by atoms with van der Waals surface area (Å²) in [6.45, 7) is 2.98. The SMILES string of the molecule is CCN(Cc1cccc(CN)c1F)c1ccccc1F. The van der Waals surface area contributed by atoms with Gasteiger partial charge in [0.25, 0.3) is 0 Å². The zero-order valence-corrected chi connectivity index (χ0v) is 11.4. The monoisotopic (exact) mass is 276 g/mol. The van der Waals surface area contributed by atoms with Crippen LogP contribution in [0.3, 0.4) is 0 Å². The van der Waals surface area contributed by atoms with Crippen LogP contribution in [0, 0.1) is 11.6 Å². The minimum atomic E-state index is -0.301. The topological polar surface area (TPSA) is 29.3 Å². The summed E-state index contributed by atoms with van der Waals surface area (Å²) in [7, 11) is 0. The van der Waals surface area contributed by atoms with Crippen LogP contribution in [-0.2, 0) is 13.1 Å². The number of nitrogens with zero attached hydrogens (tertiary/aromatic N) is 1. The molecule has 0 aliphatic carbocycles. The zero-order valence-electron chi connectivity index (χ0n) is 11.4. The molecule has 20 heavy (non-hydrogen) atoms. The summed E-state index contributed by atoms with van der Waals surface area (Å²) in [5.41, 5.74) is 6.99.